The van der Waals surface area contributed by atoms with Gasteiger partial charge in [-0.2, -0.15) is 0 Å². The van der Waals surface area contributed by atoms with Gasteiger partial charge in [0, 0.05) is 23.4 Å². The van der Waals surface area contributed by atoms with E-state index in [4.69, 9.17) is 10.1 Å². The van der Waals surface area contributed by atoms with Gasteiger partial charge in [0.25, 0.3) is 0 Å². The van der Waals surface area contributed by atoms with Gasteiger partial charge in [0.15, 0.2) is 0 Å². The van der Waals surface area contributed by atoms with Crippen LogP contribution in [0, 0.1) is 5.92 Å². The first-order chi connectivity index (χ1) is 9.26. The summed E-state index contributed by atoms with van der Waals surface area (Å²) in [6, 6.07) is 0.691. The first kappa shape index (κ1) is 13.3. The van der Waals surface area contributed by atoms with Crippen LogP contribution in [0.4, 0.5) is 0 Å². The fraction of sp³-hybridized carbons (Fsp3) is 0.667. The third-order valence-corrected chi connectivity index (χ3v) is 5.44. The van der Waals surface area contributed by atoms with Crippen molar-refractivity contribution in [3.05, 3.63) is 27.7 Å². The zero-order chi connectivity index (χ0) is 13.2. The van der Waals surface area contributed by atoms with E-state index in [1.165, 1.54) is 34.8 Å². The van der Waals surface area contributed by atoms with E-state index in [-0.39, 0.29) is 6.61 Å². The summed E-state index contributed by atoms with van der Waals surface area (Å²) in [5, 5.41) is 14.0. The van der Waals surface area contributed by atoms with Crippen LogP contribution in [0.2, 0.25) is 0 Å². The van der Waals surface area contributed by atoms with Gasteiger partial charge in [0.05, 0.1) is 11.7 Å². The lowest BCUT2D eigenvalue weighted by Crippen LogP contribution is -2.29. The van der Waals surface area contributed by atoms with Gasteiger partial charge in [-0.15, -0.1) is 11.3 Å². The second-order valence-electron chi connectivity index (χ2n) is 5.69. The Morgan fingerprint density at radius 3 is 3.00 bits per heavy atom. The minimum absolute atomic E-state index is 0.259. The van der Waals surface area contributed by atoms with Crippen molar-refractivity contribution in [1.82, 2.24) is 10.3 Å². The highest BCUT2D eigenvalue weighted by atomic mass is 32.1. The largest absolute Gasteiger partial charge is 0.396 e. The molecular formula is C15H22N2OS. The van der Waals surface area contributed by atoms with E-state index in [1.807, 2.05) is 11.3 Å². The average molecular weight is 278 g/mol. The number of hydrogen-bond acceptors (Lipinski definition) is 4. The number of hydrogen-bond donors (Lipinski definition) is 2. The third kappa shape index (κ3) is 2.91. The molecule has 0 saturated carbocycles. The Hall–Kier alpha value is -0.710. The van der Waals surface area contributed by atoms with Gasteiger partial charge in [0.2, 0.25) is 0 Å². The Morgan fingerprint density at radius 2 is 2.26 bits per heavy atom. The molecule has 0 spiro atoms. The normalized spacial score (nSPS) is 27.5. The Labute approximate surface area is 118 Å². The number of aliphatic hydroxyl groups is 1. The first-order valence-corrected chi connectivity index (χ1v) is 8.11. The van der Waals surface area contributed by atoms with Crippen LogP contribution in [-0.4, -0.2) is 22.7 Å². The zero-order valence-corrected chi connectivity index (χ0v) is 12.2. The molecule has 3 rings (SSSR count). The molecular weight excluding hydrogens is 256 g/mol. The summed E-state index contributed by atoms with van der Waals surface area (Å²) < 4.78 is 0. The van der Waals surface area contributed by atoms with Gasteiger partial charge in [-0.05, 0) is 39.0 Å². The summed E-state index contributed by atoms with van der Waals surface area (Å²) in [4.78, 5) is 6.32. The van der Waals surface area contributed by atoms with Crippen molar-refractivity contribution in [2.75, 3.05) is 6.61 Å². The minimum Gasteiger partial charge on any atom is -0.396 e. The molecule has 0 aliphatic heterocycles. The number of nitrogens with one attached hydrogen (secondary N) is 1. The van der Waals surface area contributed by atoms with Crippen molar-refractivity contribution in [2.24, 2.45) is 5.92 Å². The molecule has 0 amide bonds. The Balaban J connectivity index is 1.63. The number of aliphatic hydroxyl groups excluding tert-OH is 1. The monoisotopic (exact) mass is 278 g/mol. The van der Waals surface area contributed by atoms with Gasteiger partial charge in [-0.1, -0.05) is 12.2 Å². The first-order valence-electron chi connectivity index (χ1n) is 7.30. The van der Waals surface area contributed by atoms with Crippen molar-refractivity contribution >= 4 is 11.3 Å². The van der Waals surface area contributed by atoms with Crippen molar-refractivity contribution in [2.45, 2.75) is 51.1 Å². The van der Waals surface area contributed by atoms with E-state index in [2.05, 4.69) is 24.4 Å². The number of fused-ring (bicyclic) bond motifs is 1. The van der Waals surface area contributed by atoms with E-state index in [9.17, 15) is 0 Å². The van der Waals surface area contributed by atoms with E-state index >= 15 is 0 Å². The van der Waals surface area contributed by atoms with E-state index in [0.717, 1.165) is 12.8 Å². The summed E-state index contributed by atoms with van der Waals surface area (Å²) in [6.45, 7) is 2.46. The van der Waals surface area contributed by atoms with Crippen molar-refractivity contribution in [1.29, 1.82) is 0 Å². The summed E-state index contributed by atoms with van der Waals surface area (Å²) in [6.07, 6.45) is 10.3. The number of rotatable bonds is 4. The quantitative estimate of drug-likeness (QED) is 0.832. The fourth-order valence-corrected chi connectivity index (χ4v) is 4.15. The zero-order valence-electron chi connectivity index (χ0n) is 11.4. The molecule has 1 unspecified atom stereocenters. The van der Waals surface area contributed by atoms with Crippen LogP contribution in [0.25, 0.3) is 0 Å². The standard InChI is InChI=1S/C15H22N2OS/c1-10(16-12-7-6-11(8-12)9-18)15-17-13-4-2-3-5-14(13)19-15/h6-7,10-12,16,18H,2-5,8-9H2,1H3/t10?,11-,12+/m0/s1. The minimum atomic E-state index is 0.259. The summed E-state index contributed by atoms with van der Waals surface area (Å²) >= 11 is 1.89. The van der Waals surface area contributed by atoms with Crippen LogP contribution in [0.15, 0.2) is 12.2 Å². The molecule has 1 aromatic rings. The Morgan fingerprint density at radius 1 is 1.42 bits per heavy atom. The van der Waals surface area contributed by atoms with Crippen molar-refractivity contribution < 1.29 is 5.11 Å². The molecule has 2 N–H and O–H groups in total. The molecule has 3 nitrogen and oxygen atoms in total. The van der Waals surface area contributed by atoms with Crippen LogP contribution in [0.3, 0.4) is 0 Å². The van der Waals surface area contributed by atoms with Gasteiger partial charge in [0.1, 0.15) is 5.01 Å². The van der Waals surface area contributed by atoms with E-state index in [0.29, 0.717) is 18.0 Å². The van der Waals surface area contributed by atoms with Crippen LogP contribution >= 0.6 is 11.3 Å². The molecule has 0 saturated heterocycles. The molecule has 1 aromatic heterocycles. The number of aryl methyl sites for hydroxylation is 2. The molecule has 4 heteroatoms. The SMILES string of the molecule is CC(N[C@@H]1C=C[C@H](CO)C1)c1nc2c(s1)CCCC2. The second-order valence-corrected chi connectivity index (χ2v) is 6.80. The Kier molecular flexibility index (Phi) is 4.01. The topological polar surface area (TPSA) is 45.1 Å². The maximum absolute atomic E-state index is 9.16. The average Bonchev–Trinajstić information content (AvgIpc) is 3.04. The Bertz CT molecular complexity index is 445. The lowest BCUT2D eigenvalue weighted by Gasteiger charge is -2.17. The maximum atomic E-state index is 9.16. The lowest BCUT2D eigenvalue weighted by molar-refractivity contribution is 0.245. The summed E-state index contributed by atoms with van der Waals surface area (Å²) in [5.74, 6) is 0.328. The maximum Gasteiger partial charge on any atom is 0.110 e. The third-order valence-electron chi connectivity index (χ3n) is 4.10. The summed E-state index contributed by atoms with van der Waals surface area (Å²) in [7, 11) is 0. The van der Waals surface area contributed by atoms with Gasteiger partial charge < -0.3 is 10.4 Å². The lowest BCUT2D eigenvalue weighted by atomic mass is 10.0. The molecule has 3 atom stereocenters. The van der Waals surface area contributed by atoms with Crippen molar-refractivity contribution in [3.63, 3.8) is 0 Å². The predicted molar refractivity (Wildman–Crippen MR) is 78.4 cm³/mol. The molecule has 104 valence electrons. The highest BCUT2D eigenvalue weighted by molar-refractivity contribution is 7.11. The predicted octanol–water partition coefficient (Wildman–Crippen LogP) is 2.61. The molecule has 0 aromatic carbocycles. The highest BCUT2D eigenvalue weighted by Crippen LogP contribution is 2.30. The van der Waals surface area contributed by atoms with Crippen molar-refractivity contribution in [3.8, 4) is 0 Å². The molecule has 0 radical (unpaired) electrons. The smallest absolute Gasteiger partial charge is 0.110 e. The fourth-order valence-electron chi connectivity index (χ4n) is 2.98. The van der Waals surface area contributed by atoms with Crippen LogP contribution in [-0.2, 0) is 12.8 Å². The highest BCUT2D eigenvalue weighted by Gasteiger charge is 2.23. The van der Waals surface area contributed by atoms with Gasteiger partial charge in [-0.25, -0.2) is 4.98 Å². The molecule has 0 bridgehead atoms. The van der Waals surface area contributed by atoms with Crippen LogP contribution in [0.5, 0.6) is 0 Å². The molecule has 1 heterocycles. The van der Waals surface area contributed by atoms with E-state index in [1.54, 1.807) is 0 Å². The summed E-state index contributed by atoms with van der Waals surface area (Å²) in [5.41, 5.74) is 1.34. The van der Waals surface area contributed by atoms with Gasteiger partial charge >= 0.3 is 0 Å². The number of nitrogens with zero attached hydrogens (tertiary/aromatic N) is 1. The van der Waals surface area contributed by atoms with E-state index < -0.39 is 0 Å². The number of thiazole rings is 1. The second kappa shape index (κ2) is 5.73. The van der Waals surface area contributed by atoms with Crippen LogP contribution in [0.1, 0.15) is 47.8 Å². The number of aromatic nitrogens is 1. The molecule has 19 heavy (non-hydrogen) atoms. The molecule has 0 fully saturated rings. The molecule has 2 aliphatic carbocycles. The van der Waals surface area contributed by atoms with Gasteiger partial charge in [-0.3, -0.25) is 0 Å². The van der Waals surface area contributed by atoms with Crippen LogP contribution < -0.4 is 5.32 Å². The molecule has 2 aliphatic rings.